The molecule has 0 saturated heterocycles. The number of aryl methyl sites for hydroxylation is 1. The third kappa shape index (κ3) is 0.979. The summed E-state index contributed by atoms with van der Waals surface area (Å²) < 4.78 is 3.16. The summed E-state index contributed by atoms with van der Waals surface area (Å²) in [6.45, 7) is 0. The first kappa shape index (κ1) is 6.92. The zero-order valence-corrected chi connectivity index (χ0v) is 7.72. The minimum absolute atomic E-state index is 1.11. The monoisotopic (exact) mass is 208 g/mol. The van der Waals surface area contributed by atoms with Crippen molar-refractivity contribution in [1.29, 1.82) is 0 Å². The van der Waals surface area contributed by atoms with Crippen LogP contribution in [0.15, 0.2) is 28.9 Å². The number of benzene rings is 1. The molecule has 0 N–H and O–H groups in total. The van der Waals surface area contributed by atoms with Gasteiger partial charge in [0.15, 0.2) is 0 Å². The zero-order valence-electron chi connectivity index (χ0n) is 6.13. The van der Waals surface area contributed by atoms with E-state index in [1.807, 2.05) is 25.4 Å². The predicted molar refractivity (Wildman–Crippen MR) is 49.5 cm³/mol. The molecule has 1 nitrogen and oxygen atoms in total. The molecule has 0 aliphatic carbocycles. The normalized spacial score (nSPS) is 10.7. The summed E-state index contributed by atoms with van der Waals surface area (Å²) in [6, 6.07) is 9.31. The van der Waals surface area contributed by atoms with Crippen LogP contribution in [0.5, 0.6) is 0 Å². The predicted octanol–water partition coefficient (Wildman–Crippen LogP) is 2.74. The first-order valence-electron chi connectivity index (χ1n) is 3.40. The summed E-state index contributed by atoms with van der Waals surface area (Å²) in [5, 5.41) is 1.15. The SMILES string of the molecule is Cn1c[c]c2c(Br)cccc21. The first-order chi connectivity index (χ1) is 5.29. The Hall–Kier alpha value is -0.760. The van der Waals surface area contributed by atoms with Crippen molar-refractivity contribution in [2.45, 2.75) is 0 Å². The lowest BCUT2D eigenvalue weighted by atomic mass is 10.2. The molecule has 0 fully saturated rings. The molecule has 0 aliphatic heterocycles. The van der Waals surface area contributed by atoms with Gasteiger partial charge >= 0.3 is 0 Å². The van der Waals surface area contributed by atoms with Crippen molar-refractivity contribution in [1.82, 2.24) is 4.57 Å². The number of rotatable bonds is 0. The molecule has 0 bridgehead atoms. The summed E-state index contributed by atoms with van der Waals surface area (Å²) >= 11 is 3.47. The Morgan fingerprint density at radius 1 is 1.45 bits per heavy atom. The van der Waals surface area contributed by atoms with Crippen molar-refractivity contribution >= 4 is 26.8 Å². The largest absolute Gasteiger partial charge is 0.350 e. The topological polar surface area (TPSA) is 4.93 Å². The molecule has 1 heterocycles. The van der Waals surface area contributed by atoms with Gasteiger partial charge < -0.3 is 4.57 Å². The van der Waals surface area contributed by atoms with Gasteiger partial charge in [-0.3, -0.25) is 0 Å². The van der Waals surface area contributed by atoms with Gasteiger partial charge in [-0.25, -0.2) is 0 Å². The van der Waals surface area contributed by atoms with Crippen LogP contribution in [0, 0.1) is 6.07 Å². The van der Waals surface area contributed by atoms with Gasteiger partial charge in [0.25, 0.3) is 0 Å². The van der Waals surface area contributed by atoms with Gasteiger partial charge in [0.2, 0.25) is 0 Å². The van der Waals surface area contributed by atoms with E-state index in [0.717, 1.165) is 9.86 Å². The molecule has 1 aromatic heterocycles. The standard InChI is InChI=1S/C9H7BrN/c1-11-6-5-7-8(10)3-2-4-9(7)11/h2-4,6H,1H3. The molecule has 0 spiro atoms. The lowest BCUT2D eigenvalue weighted by molar-refractivity contribution is 0.968. The van der Waals surface area contributed by atoms with Gasteiger partial charge in [-0.15, -0.1) is 0 Å². The highest BCUT2D eigenvalue weighted by Crippen LogP contribution is 2.22. The van der Waals surface area contributed by atoms with Crippen LogP contribution >= 0.6 is 15.9 Å². The Bertz CT molecular complexity index is 389. The Morgan fingerprint density at radius 2 is 2.27 bits per heavy atom. The lowest BCUT2D eigenvalue weighted by Crippen LogP contribution is -1.82. The molecule has 0 saturated carbocycles. The molecule has 0 aliphatic rings. The molecule has 1 aromatic carbocycles. The highest BCUT2D eigenvalue weighted by Gasteiger charge is 1.99. The molecular formula is C9H7BrN. The van der Waals surface area contributed by atoms with Crippen molar-refractivity contribution in [3.8, 4) is 0 Å². The Morgan fingerprint density at radius 3 is 3.00 bits per heavy atom. The third-order valence-corrected chi connectivity index (χ3v) is 2.43. The van der Waals surface area contributed by atoms with Crippen LogP contribution < -0.4 is 0 Å². The van der Waals surface area contributed by atoms with E-state index in [-0.39, 0.29) is 0 Å². The average molecular weight is 209 g/mol. The highest BCUT2D eigenvalue weighted by molar-refractivity contribution is 9.10. The molecule has 55 valence electrons. The second-order valence-corrected chi connectivity index (χ2v) is 3.37. The Kier molecular flexibility index (Phi) is 1.50. The van der Waals surface area contributed by atoms with E-state index in [2.05, 4.69) is 32.6 Å². The fraction of sp³-hybridized carbons (Fsp3) is 0.111. The molecule has 11 heavy (non-hydrogen) atoms. The van der Waals surface area contributed by atoms with Gasteiger partial charge in [-0.1, -0.05) is 22.0 Å². The van der Waals surface area contributed by atoms with Crippen LogP contribution in [0.3, 0.4) is 0 Å². The summed E-state index contributed by atoms with van der Waals surface area (Å²) in [6.07, 6.45) is 1.94. The van der Waals surface area contributed by atoms with Crippen molar-refractivity contribution < 1.29 is 0 Å². The average Bonchev–Trinajstić information content (AvgIpc) is 2.35. The highest BCUT2D eigenvalue weighted by atomic mass is 79.9. The maximum atomic E-state index is 3.47. The smallest absolute Gasteiger partial charge is 0.0495 e. The number of hydrogen-bond donors (Lipinski definition) is 0. The first-order valence-corrected chi connectivity index (χ1v) is 4.19. The third-order valence-electron chi connectivity index (χ3n) is 1.77. The minimum Gasteiger partial charge on any atom is -0.350 e. The fourth-order valence-electron chi connectivity index (χ4n) is 1.18. The maximum Gasteiger partial charge on any atom is 0.0495 e. The van der Waals surface area contributed by atoms with Crippen molar-refractivity contribution in [3.63, 3.8) is 0 Å². The van der Waals surface area contributed by atoms with Crippen LogP contribution in [-0.2, 0) is 7.05 Å². The summed E-state index contributed by atoms with van der Waals surface area (Å²) in [5.74, 6) is 0. The van der Waals surface area contributed by atoms with Crippen LogP contribution in [0.2, 0.25) is 0 Å². The van der Waals surface area contributed by atoms with Crippen molar-refractivity contribution in [2.75, 3.05) is 0 Å². The number of halogens is 1. The van der Waals surface area contributed by atoms with Gasteiger partial charge in [-0.05, 0) is 12.1 Å². The zero-order chi connectivity index (χ0) is 7.84. The molecule has 2 heteroatoms. The van der Waals surface area contributed by atoms with Crippen LogP contribution in [0.1, 0.15) is 0 Å². The van der Waals surface area contributed by atoms with Crippen LogP contribution in [0.25, 0.3) is 10.9 Å². The molecule has 2 aromatic rings. The quantitative estimate of drug-likeness (QED) is 0.628. The molecule has 1 radical (unpaired) electrons. The second-order valence-electron chi connectivity index (χ2n) is 2.52. The van der Waals surface area contributed by atoms with Gasteiger partial charge in [-0.2, -0.15) is 0 Å². The van der Waals surface area contributed by atoms with Crippen molar-refractivity contribution in [3.05, 3.63) is 34.9 Å². The molecule has 0 amide bonds. The fourth-order valence-corrected chi connectivity index (χ4v) is 1.65. The Labute approximate surface area is 73.8 Å². The van der Waals surface area contributed by atoms with E-state index in [1.54, 1.807) is 0 Å². The molecule has 0 atom stereocenters. The summed E-state index contributed by atoms with van der Waals surface area (Å²) in [5.41, 5.74) is 1.21. The van der Waals surface area contributed by atoms with Crippen LogP contribution in [0.4, 0.5) is 0 Å². The van der Waals surface area contributed by atoms with E-state index in [4.69, 9.17) is 0 Å². The van der Waals surface area contributed by atoms with Crippen molar-refractivity contribution in [2.24, 2.45) is 7.05 Å². The van der Waals surface area contributed by atoms with E-state index in [0.29, 0.717) is 0 Å². The molecular weight excluding hydrogens is 202 g/mol. The summed E-state index contributed by atoms with van der Waals surface area (Å²) in [7, 11) is 2.02. The van der Waals surface area contributed by atoms with Gasteiger partial charge in [0, 0.05) is 34.7 Å². The van der Waals surface area contributed by atoms with Gasteiger partial charge in [0.05, 0.1) is 0 Å². The molecule has 2 rings (SSSR count). The number of aromatic nitrogens is 1. The Balaban J connectivity index is 2.94. The number of nitrogens with zero attached hydrogens (tertiary/aromatic N) is 1. The maximum absolute atomic E-state index is 3.47. The van der Waals surface area contributed by atoms with Gasteiger partial charge in [0.1, 0.15) is 0 Å². The number of hydrogen-bond acceptors (Lipinski definition) is 0. The second kappa shape index (κ2) is 2.38. The lowest BCUT2D eigenvalue weighted by Gasteiger charge is -1.95. The van der Waals surface area contributed by atoms with E-state index < -0.39 is 0 Å². The molecule has 0 unspecified atom stereocenters. The van der Waals surface area contributed by atoms with Crippen LogP contribution in [-0.4, -0.2) is 4.57 Å². The van der Waals surface area contributed by atoms with E-state index in [1.165, 1.54) is 5.52 Å². The van der Waals surface area contributed by atoms with E-state index in [9.17, 15) is 0 Å². The number of fused-ring (bicyclic) bond motifs is 1. The minimum atomic E-state index is 1.11. The van der Waals surface area contributed by atoms with E-state index >= 15 is 0 Å². The summed E-state index contributed by atoms with van der Waals surface area (Å²) in [4.78, 5) is 0.